The highest BCUT2D eigenvalue weighted by molar-refractivity contribution is 9.10. The van der Waals surface area contributed by atoms with Crippen molar-refractivity contribution < 1.29 is 9.32 Å². The third-order valence-corrected chi connectivity index (χ3v) is 2.36. The minimum Gasteiger partial charge on any atom is -0.315 e. The number of anilines is 1. The Kier molecular flexibility index (Phi) is 2.95. The Morgan fingerprint density at radius 2 is 2.38 bits per heavy atom. The Morgan fingerprint density at radius 1 is 1.56 bits per heavy atom. The van der Waals surface area contributed by atoms with Crippen LogP contribution in [0.2, 0.25) is 0 Å². The number of halogens is 1. The van der Waals surface area contributed by atoms with E-state index >= 15 is 0 Å². The summed E-state index contributed by atoms with van der Waals surface area (Å²) in [4.78, 5) is 19.5. The van der Waals surface area contributed by atoms with Gasteiger partial charge in [0.1, 0.15) is 5.69 Å². The Labute approximate surface area is 99.2 Å². The van der Waals surface area contributed by atoms with E-state index in [0.717, 1.165) is 0 Å². The first-order chi connectivity index (χ1) is 7.66. The lowest BCUT2D eigenvalue weighted by Gasteiger charge is -2.00. The minimum atomic E-state index is -0.406. The van der Waals surface area contributed by atoms with Gasteiger partial charge in [0.05, 0.1) is 0 Å². The van der Waals surface area contributed by atoms with Crippen LogP contribution in [0.25, 0.3) is 0 Å². The van der Waals surface area contributed by atoms with Crippen molar-refractivity contribution in [2.45, 2.75) is 6.92 Å². The molecule has 0 bridgehead atoms. The van der Waals surface area contributed by atoms with Crippen LogP contribution in [0.4, 0.5) is 6.01 Å². The van der Waals surface area contributed by atoms with Crippen LogP contribution < -0.4 is 5.32 Å². The summed E-state index contributed by atoms with van der Waals surface area (Å²) in [6, 6.07) is 3.50. The second-order valence-corrected chi connectivity index (χ2v) is 3.79. The zero-order valence-corrected chi connectivity index (χ0v) is 9.85. The fourth-order valence-electron chi connectivity index (χ4n) is 1.06. The second-order valence-electron chi connectivity index (χ2n) is 2.93. The predicted octanol–water partition coefficient (Wildman–Crippen LogP) is 1.79. The van der Waals surface area contributed by atoms with Gasteiger partial charge >= 0.3 is 6.01 Å². The molecule has 82 valence electrons. The van der Waals surface area contributed by atoms with Crippen LogP contribution in [0, 0.1) is 6.92 Å². The number of aromatic nitrogens is 3. The SMILES string of the molecule is Cc1noc(NC(=O)c2ncccc2Br)n1. The number of rotatable bonds is 2. The largest absolute Gasteiger partial charge is 0.328 e. The summed E-state index contributed by atoms with van der Waals surface area (Å²) in [5.41, 5.74) is 0.262. The van der Waals surface area contributed by atoms with Crippen molar-refractivity contribution in [2.75, 3.05) is 5.32 Å². The predicted molar refractivity (Wildman–Crippen MR) is 58.9 cm³/mol. The van der Waals surface area contributed by atoms with Gasteiger partial charge in [-0.15, -0.1) is 0 Å². The van der Waals surface area contributed by atoms with E-state index in [1.54, 1.807) is 19.1 Å². The molecule has 0 aliphatic carbocycles. The van der Waals surface area contributed by atoms with Crippen molar-refractivity contribution in [3.63, 3.8) is 0 Å². The van der Waals surface area contributed by atoms with Gasteiger partial charge in [0, 0.05) is 10.7 Å². The van der Waals surface area contributed by atoms with Crippen LogP contribution in [0.15, 0.2) is 27.3 Å². The van der Waals surface area contributed by atoms with Gasteiger partial charge in [-0.25, -0.2) is 4.98 Å². The molecule has 0 aromatic carbocycles. The molecule has 0 aliphatic rings. The van der Waals surface area contributed by atoms with E-state index in [-0.39, 0.29) is 11.7 Å². The van der Waals surface area contributed by atoms with Gasteiger partial charge in [-0.3, -0.25) is 10.1 Å². The molecule has 1 amide bonds. The van der Waals surface area contributed by atoms with E-state index in [1.165, 1.54) is 6.20 Å². The second kappa shape index (κ2) is 4.40. The maximum absolute atomic E-state index is 11.7. The van der Waals surface area contributed by atoms with E-state index in [0.29, 0.717) is 10.3 Å². The molecule has 0 aliphatic heterocycles. The van der Waals surface area contributed by atoms with Crippen LogP contribution in [-0.4, -0.2) is 21.0 Å². The van der Waals surface area contributed by atoms with Crippen molar-refractivity contribution in [1.82, 2.24) is 15.1 Å². The lowest BCUT2D eigenvalue weighted by atomic mass is 10.3. The first-order valence-electron chi connectivity index (χ1n) is 4.39. The molecular weight excluding hydrogens is 276 g/mol. The van der Waals surface area contributed by atoms with E-state index in [2.05, 4.69) is 36.4 Å². The molecular formula is C9H7BrN4O2. The summed E-state index contributed by atoms with van der Waals surface area (Å²) in [5.74, 6) is 0.0477. The fraction of sp³-hybridized carbons (Fsp3) is 0.111. The van der Waals surface area contributed by atoms with Gasteiger partial charge in [-0.2, -0.15) is 4.98 Å². The van der Waals surface area contributed by atoms with Crippen LogP contribution in [0.3, 0.4) is 0 Å². The van der Waals surface area contributed by atoms with E-state index in [1.807, 2.05) is 0 Å². The zero-order chi connectivity index (χ0) is 11.5. The highest BCUT2D eigenvalue weighted by Gasteiger charge is 2.14. The topological polar surface area (TPSA) is 80.9 Å². The lowest BCUT2D eigenvalue weighted by Crippen LogP contribution is -2.14. The average Bonchev–Trinajstić information content (AvgIpc) is 2.64. The van der Waals surface area contributed by atoms with Crippen molar-refractivity contribution in [3.8, 4) is 0 Å². The van der Waals surface area contributed by atoms with Gasteiger partial charge in [-0.05, 0) is 35.0 Å². The Balaban J connectivity index is 2.18. The Hall–Kier alpha value is -1.76. The van der Waals surface area contributed by atoms with Gasteiger partial charge in [-0.1, -0.05) is 5.16 Å². The number of hydrogen-bond acceptors (Lipinski definition) is 5. The number of hydrogen-bond donors (Lipinski definition) is 1. The third-order valence-electron chi connectivity index (χ3n) is 1.72. The quantitative estimate of drug-likeness (QED) is 0.908. The van der Waals surface area contributed by atoms with Crippen molar-refractivity contribution in [3.05, 3.63) is 34.3 Å². The number of nitrogens with zero attached hydrogens (tertiary/aromatic N) is 3. The normalized spacial score (nSPS) is 10.1. The van der Waals surface area contributed by atoms with Crippen molar-refractivity contribution >= 4 is 27.9 Å². The summed E-state index contributed by atoms with van der Waals surface area (Å²) in [6.45, 7) is 1.66. The first kappa shape index (κ1) is 10.7. The third kappa shape index (κ3) is 2.25. The number of nitrogens with one attached hydrogen (secondary N) is 1. The molecule has 0 spiro atoms. The zero-order valence-electron chi connectivity index (χ0n) is 8.27. The molecule has 2 aromatic rings. The molecule has 0 saturated heterocycles. The summed E-state index contributed by atoms with van der Waals surface area (Å²) in [5, 5.41) is 6.00. The molecule has 0 fully saturated rings. The maximum atomic E-state index is 11.7. The molecule has 2 heterocycles. The maximum Gasteiger partial charge on any atom is 0.328 e. The monoisotopic (exact) mass is 282 g/mol. The van der Waals surface area contributed by atoms with Crippen LogP contribution >= 0.6 is 15.9 Å². The summed E-state index contributed by atoms with van der Waals surface area (Å²) in [7, 11) is 0. The van der Waals surface area contributed by atoms with E-state index < -0.39 is 5.91 Å². The van der Waals surface area contributed by atoms with Crippen molar-refractivity contribution in [2.24, 2.45) is 0 Å². The summed E-state index contributed by atoms with van der Waals surface area (Å²) in [6.07, 6.45) is 1.53. The van der Waals surface area contributed by atoms with E-state index in [9.17, 15) is 4.79 Å². The lowest BCUT2D eigenvalue weighted by molar-refractivity contribution is 0.101. The molecule has 0 saturated carbocycles. The van der Waals surface area contributed by atoms with Crippen LogP contribution in [-0.2, 0) is 0 Å². The number of amides is 1. The first-order valence-corrected chi connectivity index (χ1v) is 5.18. The molecule has 7 heteroatoms. The molecule has 16 heavy (non-hydrogen) atoms. The van der Waals surface area contributed by atoms with E-state index in [4.69, 9.17) is 4.52 Å². The average molecular weight is 283 g/mol. The van der Waals surface area contributed by atoms with Gasteiger partial charge in [0.25, 0.3) is 5.91 Å². The highest BCUT2D eigenvalue weighted by Crippen LogP contribution is 2.14. The molecule has 0 unspecified atom stereocenters. The smallest absolute Gasteiger partial charge is 0.315 e. The summed E-state index contributed by atoms with van der Waals surface area (Å²) >= 11 is 3.23. The van der Waals surface area contributed by atoms with Gasteiger partial charge < -0.3 is 4.52 Å². The molecule has 2 rings (SSSR count). The Bertz CT molecular complexity index is 526. The molecule has 0 atom stereocenters. The van der Waals surface area contributed by atoms with Gasteiger partial charge in [0.2, 0.25) is 0 Å². The highest BCUT2D eigenvalue weighted by atomic mass is 79.9. The van der Waals surface area contributed by atoms with Crippen molar-refractivity contribution in [1.29, 1.82) is 0 Å². The number of pyridine rings is 1. The number of aryl methyl sites for hydroxylation is 1. The molecule has 6 nitrogen and oxygen atoms in total. The molecule has 2 aromatic heterocycles. The molecule has 0 radical (unpaired) electrons. The Morgan fingerprint density at radius 3 is 3.00 bits per heavy atom. The number of carbonyl (C=O) groups is 1. The van der Waals surface area contributed by atoms with Gasteiger partial charge in [0.15, 0.2) is 5.82 Å². The minimum absolute atomic E-state index is 0.0556. The standard InChI is InChI=1S/C9H7BrN4O2/c1-5-12-9(16-14-5)13-8(15)7-6(10)3-2-4-11-7/h2-4H,1H3,(H,12,13,14,15). The molecule has 1 N–H and O–H groups in total. The summed E-state index contributed by atoms with van der Waals surface area (Å²) < 4.78 is 5.36. The van der Waals surface area contributed by atoms with Crippen LogP contribution in [0.5, 0.6) is 0 Å². The number of carbonyl (C=O) groups excluding carboxylic acids is 1. The fourth-order valence-corrected chi connectivity index (χ4v) is 1.49. The van der Waals surface area contributed by atoms with Crippen LogP contribution in [0.1, 0.15) is 16.3 Å².